The van der Waals surface area contributed by atoms with Gasteiger partial charge in [0.25, 0.3) is 5.56 Å². The lowest BCUT2D eigenvalue weighted by Gasteiger charge is -2.40. The highest BCUT2D eigenvalue weighted by Crippen LogP contribution is 2.29. The van der Waals surface area contributed by atoms with E-state index in [0.717, 1.165) is 6.20 Å². The maximum Gasteiger partial charge on any atom is 0.421 e. The van der Waals surface area contributed by atoms with Crippen molar-refractivity contribution >= 4 is 12.0 Å². The van der Waals surface area contributed by atoms with Gasteiger partial charge in [-0.15, -0.1) is 0 Å². The van der Waals surface area contributed by atoms with Crippen LogP contribution in [0.2, 0.25) is 0 Å². The number of nitrogens with zero attached hydrogens (tertiary/aromatic N) is 4. The fourth-order valence-electron chi connectivity index (χ4n) is 3.29. The van der Waals surface area contributed by atoms with Crippen LogP contribution in [0.3, 0.4) is 0 Å². The molecule has 2 N–H and O–H groups in total. The summed E-state index contributed by atoms with van der Waals surface area (Å²) in [6, 6.07) is -0.0383. The average molecular weight is 495 g/mol. The van der Waals surface area contributed by atoms with E-state index in [-0.39, 0.29) is 44.2 Å². The molecule has 1 fully saturated rings. The molecule has 1 aliphatic rings. The summed E-state index contributed by atoms with van der Waals surface area (Å²) in [4.78, 5) is 35.7. The van der Waals surface area contributed by atoms with Crippen LogP contribution in [0.5, 0.6) is 0 Å². The van der Waals surface area contributed by atoms with Crippen LogP contribution in [0.25, 0.3) is 0 Å². The predicted molar refractivity (Wildman–Crippen MR) is 104 cm³/mol. The first-order valence-corrected chi connectivity index (χ1v) is 9.87. The number of aromatic amines is 1. The third-order valence-corrected chi connectivity index (χ3v) is 5.06. The number of carbonyl (C=O) groups is 1. The lowest BCUT2D eigenvalue weighted by atomic mass is 10.1. The molecular formula is C19H19F6N5O4. The summed E-state index contributed by atoms with van der Waals surface area (Å²) < 4.78 is 81.6. The van der Waals surface area contributed by atoms with Gasteiger partial charge in [0.15, 0.2) is 0 Å². The van der Waals surface area contributed by atoms with Gasteiger partial charge in [0.05, 0.1) is 24.8 Å². The number of H-pyrrole nitrogens is 1. The van der Waals surface area contributed by atoms with Crippen LogP contribution in [-0.4, -0.2) is 69.9 Å². The molecule has 186 valence electrons. The highest BCUT2D eigenvalue weighted by Gasteiger charge is 2.35. The maximum absolute atomic E-state index is 12.8. The Hall–Kier alpha value is -3.36. The first-order chi connectivity index (χ1) is 15.9. The Labute approximate surface area is 188 Å². The van der Waals surface area contributed by atoms with Gasteiger partial charge in [-0.1, -0.05) is 0 Å². The molecule has 0 saturated carbocycles. The summed E-state index contributed by atoms with van der Waals surface area (Å²) in [7, 11) is 0. The van der Waals surface area contributed by atoms with Crippen LogP contribution in [0.4, 0.5) is 37.1 Å². The van der Waals surface area contributed by atoms with Gasteiger partial charge in [-0.2, -0.15) is 26.3 Å². The van der Waals surface area contributed by atoms with Crippen molar-refractivity contribution in [2.45, 2.75) is 24.8 Å². The van der Waals surface area contributed by atoms with Crippen molar-refractivity contribution < 1.29 is 41.0 Å². The second kappa shape index (κ2) is 9.87. The molecule has 0 aromatic carbocycles. The molecule has 1 amide bonds. The highest BCUT2D eigenvalue weighted by molar-refractivity contribution is 5.68. The minimum Gasteiger partial charge on any atom is -0.449 e. The fraction of sp³-hybridized carbons (Fsp3) is 0.474. The molecule has 3 heterocycles. The van der Waals surface area contributed by atoms with Crippen LogP contribution in [0.15, 0.2) is 29.5 Å². The van der Waals surface area contributed by atoms with Crippen LogP contribution >= 0.6 is 0 Å². The number of aliphatic hydroxyl groups excluding tert-OH is 1. The molecule has 2 aromatic heterocycles. The van der Waals surface area contributed by atoms with Crippen LogP contribution in [-0.2, 0) is 23.5 Å². The molecule has 1 aliphatic heterocycles. The van der Waals surface area contributed by atoms with Crippen molar-refractivity contribution in [3.8, 4) is 0 Å². The number of aromatic nitrogens is 3. The number of anilines is 1. The third-order valence-electron chi connectivity index (χ3n) is 5.06. The molecule has 0 bridgehead atoms. The number of amides is 1. The van der Waals surface area contributed by atoms with E-state index in [4.69, 9.17) is 4.74 Å². The summed E-state index contributed by atoms with van der Waals surface area (Å²) in [5, 5.41) is 9.67. The maximum atomic E-state index is 12.8. The molecule has 0 radical (unpaired) electrons. The van der Waals surface area contributed by atoms with E-state index in [2.05, 4.69) is 9.97 Å². The second-order valence-electron chi connectivity index (χ2n) is 7.36. The second-order valence-corrected chi connectivity index (χ2v) is 7.36. The first-order valence-electron chi connectivity index (χ1n) is 9.87. The number of alkyl halides is 6. The van der Waals surface area contributed by atoms with Gasteiger partial charge in [-0.05, 0) is 11.6 Å². The lowest BCUT2D eigenvalue weighted by Crippen LogP contribution is -2.57. The number of aliphatic hydroxyl groups is 1. The van der Waals surface area contributed by atoms with Gasteiger partial charge in [0.2, 0.25) is 5.95 Å². The first kappa shape index (κ1) is 25.3. The van der Waals surface area contributed by atoms with Gasteiger partial charge in [0, 0.05) is 44.6 Å². The number of ether oxygens (including phenoxy) is 1. The average Bonchev–Trinajstić information content (AvgIpc) is 2.78. The van der Waals surface area contributed by atoms with Crippen molar-refractivity contribution in [1.29, 1.82) is 0 Å². The number of halogens is 6. The largest absolute Gasteiger partial charge is 0.449 e. The Balaban J connectivity index is 1.56. The number of hydrogen-bond acceptors (Lipinski definition) is 7. The molecule has 3 rings (SSSR count). The minimum atomic E-state index is -4.82. The topological polar surface area (TPSA) is 112 Å². The van der Waals surface area contributed by atoms with Crippen LogP contribution < -0.4 is 10.5 Å². The Morgan fingerprint density at radius 1 is 1.15 bits per heavy atom. The number of rotatable bonds is 5. The van der Waals surface area contributed by atoms with E-state index in [9.17, 15) is 41.0 Å². The Kier molecular flexibility index (Phi) is 7.33. The monoisotopic (exact) mass is 495 g/mol. The number of piperazine rings is 1. The Morgan fingerprint density at radius 3 is 2.41 bits per heavy atom. The standard InChI is InChI=1S/C19H19F6N5O4/c20-18(21,22)12-7-27-16(28-8-12)30-3-2-29(9-13(30)10-31)17(33)34-4-1-11-5-14(19(23,24)25)15(32)26-6-11/h5-8,13,31H,1-4,9-10H2,(H,26,32)/t13-/m1/s1. The van der Waals surface area contributed by atoms with Crippen molar-refractivity contribution in [2.75, 3.05) is 37.7 Å². The molecule has 0 aliphatic carbocycles. The van der Waals surface area contributed by atoms with E-state index < -0.39 is 47.8 Å². The van der Waals surface area contributed by atoms with Crippen molar-refractivity contribution in [1.82, 2.24) is 19.9 Å². The van der Waals surface area contributed by atoms with E-state index in [1.54, 1.807) is 0 Å². The van der Waals surface area contributed by atoms with Crippen molar-refractivity contribution in [3.05, 3.63) is 51.7 Å². The normalized spacial score (nSPS) is 17.1. The smallest absolute Gasteiger partial charge is 0.421 e. The zero-order valence-electron chi connectivity index (χ0n) is 17.4. The lowest BCUT2D eigenvalue weighted by molar-refractivity contribution is -0.139. The molecule has 1 saturated heterocycles. The van der Waals surface area contributed by atoms with Gasteiger partial charge in [-0.3, -0.25) is 4.79 Å². The van der Waals surface area contributed by atoms with E-state index in [0.29, 0.717) is 18.5 Å². The molecule has 1 atom stereocenters. The Bertz CT molecular complexity index is 1060. The molecule has 15 heteroatoms. The SMILES string of the molecule is O=C(OCCc1c[nH]c(=O)c(C(F)(F)F)c1)N1CCN(c2ncc(C(F)(F)F)cn2)[C@@H](CO)C1. The van der Waals surface area contributed by atoms with E-state index in [1.165, 1.54) is 9.80 Å². The van der Waals surface area contributed by atoms with Crippen LogP contribution in [0.1, 0.15) is 16.7 Å². The van der Waals surface area contributed by atoms with Crippen molar-refractivity contribution in [2.24, 2.45) is 0 Å². The molecule has 0 spiro atoms. The van der Waals surface area contributed by atoms with Gasteiger partial charge >= 0.3 is 18.4 Å². The summed E-state index contributed by atoms with van der Waals surface area (Å²) in [6.45, 7) is -0.590. The fourth-order valence-corrected chi connectivity index (χ4v) is 3.29. The summed E-state index contributed by atoms with van der Waals surface area (Å²) >= 11 is 0. The third kappa shape index (κ3) is 5.95. The highest BCUT2D eigenvalue weighted by atomic mass is 19.4. The molecule has 34 heavy (non-hydrogen) atoms. The van der Waals surface area contributed by atoms with E-state index in [1.807, 2.05) is 4.98 Å². The quantitative estimate of drug-likeness (QED) is 0.611. The minimum absolute atomic E-state index is 0.0430. The summed E-state index contributed by atoms with van der Waals surface area (Å²) in [5.41, 5.74) is -3.55. The number of hydrogen-bond donors (Lipinski definition) is 2. The van der Waals surface area contributed by atoms with Gasteiger partial charge in [-0.25, -0.2) is 14.8 Å². The van der Waals surface area contributed by atoms with Gasteiger partial charge in [0.1, 0.15) is 5.56 Å². The molecule has 9 nitrogen and oxygen atoms in total. The van der Waals surface area contributed by atoms with Crippen LogP contribution in [0, 0.1) is 0 Å². The summed E-state index contributed by atoms with van der Waals surface area (Å²) in [6.07, 6.45) is -7.95. The number of pyridine rings is 1. The number of nitrogens with one attached hydrogen (secondary N) is 1. The zero-order valence-corrected chi connectivity index (χ0v) is 17.4. The number of carbonyl (C=O) groups excluding carboxylic acids is 1. The van der Waals surface area contributed by atoms with E-state index >= 15 is 0 Å². The molecule has 2 aromatic rings. The predicted octanol–water partition coefficient (Wildman–Crippen LogP) is 2.06. The molecular weight excluding hydrogens is 476 g/mol. The van der Waals surface area contributed by atoms with Crippen molar-refractivity contribution in [3.63, 3.8) is 0 Å². The Morgan fingerprint density at radius 2 is 1.82 bits per heavy atom. The molecule has 0 unspecified atom stereocenters. The summed E-state index contributed by atoms with van der Waals surface area (Å²) in [5.74, 6) is -0.0430. The zero-order chi connectivity index (χ0) is 25.1. The van der Waals surface area contributed by atoms with Gasteiger partial charge < -0.3 is 24.6 Å².